The zero-order valence-corrected chi connectivity index (χ0v) is 17.9. The number of hydrogen-bond donors (Lipinski definition) is 1. The van der Waals surface area contributed by atoms with E-state index in [1.165, 1.54) is 31.0 Å². The normalized spacial score (nSPS) is 17.6. The first kappa shape index (κ1) is 20.7. The molecule has 2 aliphatic rings. The highest BCUT2D eigenvalue weighted by Gasteiger charge is 2.27. The van der Waals surface area contributed by atoms with Gasteiger partial charge in [-0.2, -0.15) is 0 Å². The Bertz CT molecular complexity index is 863. The molecule has 2 heterocycles. The summed E-state index contributed by atoms with van der Waals surface area (Å²) in [6, 6.07) is 13.9. The summed E-state index contributed by atoms with van der Waals surface area (Å²) in [5, 5.41) is 3.88. The van der Waals surface area contributed by atoms with E-state index in [-0.39, 0.29) is 11.9 Å². The minimum atomic E-state index is -0.0196. The molecule has 1 aliphatic carbocycles. The van der Waals surface area contributed by atoms with Crippen LogP contribution in [-0.4, -0.2) is 58.9 Å². The van der Waals surface area contributed by atoms with Crippen LogP contribution < -0.4 is 5.32 Å². The molecule has 30 heavy (non-hydrogen) atoms. The number of rotatable bonds is 4. The second kappa shape index (κ2) is 9.98. The number of nitrogens with zero attached hydrogens (tertiary/aromatic N) is 3. The molecule has 1 aliphatic heterocycles. The molecule has 7 heteroatoms. The molecule has 1 saturated heterocycles. The van der Waals surface area contributed by atoms with Crippen LogP contribution >= 0.6 is 11.8 Å². The first-order valence-electron chi connectivity index (χ1n) is 10.7. The molecule has 1 aromatic heterocycles. The van der Waals surface area contributed by atoms with Gasteiger partial charge in [0.25, 0.3) is 5.91 Å². The molecule has 2 fully saturated rings. The quantitative estimate of drug-likeness (QED) is 0.805. The molecule has 4 rings (SSSR count). The van der Waals surface area contributed by atoms with Gasteiger partial charge in [-0.05, 0) is 37.1 Å². The summed E-state index contributed by atoms with van der Waals surface area (Å²) < 4.78 is 0. The number of carbonyl (C=O) groups is 2. The van der Waals surface area contributed by atoms with Crippen LogP contribution in [0.25, 0.3) is 0 Å². The number of pyridine rings is 1. The Hall–Kier alpha value is -2.54. The Labute approximate surface area is 182 Å². The van der Waals surface area contributed by atoms with Gasteiger partial charge in [0.05, 0.1) is 5.56 Å². The average molecular weight is 425 g/mol. The van der Waals surface area contributed by atoms with Gasteiger partial charge >= 0.3 is 6.03 Å². The van der Waals surface area contributed by atoms with Crippen molar-refractivity contribution in [2.75, 3.05) is 26.2 Å². The molecule has 2 aromatic rings. The molecule has 1 saturated carbocycles. The predicted octanol–water partition coefficient (Wildman–Crippen LogP) is 4.03. The maximum absolute atomic E-state index is 13.2. The minimum Gasteiger partial charge on any atom is -0.335 e. The van der Waals surface area contributed by atoms with E-state index in [0.29, 0.717) is 42.8 Å². The lowest BCUT2D eigenvalue weighted by atomic mass is 9.96. The average Bonchev–Trinajstić information content (AvgIpc) is 2.80. The van der Waals surface area contributed by atoms with E-state index in [9.17, 15) is 9.59 Å². The van der Waals surface area contributed by atoms with Crippen molar-refractivity contribution < 1.29 is 9.59 Å². The number of carbonyl (C=O) groups excluding carboxylic acids is 2. The van der Waals surface area contributed by atoms with Crippen molar-refractivity contribution in [3.8, 4) is 0 Å². The Kier molecular flexibility index (Phi) is 6.89. The lowest BCUT2D eigenvalue weighted by molar-refractivity contribution is 0.0658. The molecule has 0 bridgehead atoms. The van der Waals surface area contributed by atoms with Crippen LogP contribution in [0, 0.1) is 0 Å². The van der Waals surface area contributed by atoms with E-state index < -0.39 is 0 Å². The Morgan fingerprint density at radius 2 is 1.60 bits per heavy atom. The fourth-order valence-electron chi connectivity index (χ4n) is 4.03. The van der Waals surface area contributed by atoms with Crippen molar-refractivity contribution in [1.29, 1.82) is 0 Å². The van der Waals surface area contributed by atoms with E-state index in [4.69, 9.17) is 0 Å². The second-order valence-electron chi connectivity index (χ2n) is 7.83. The van der Waals surface area contributed by atoms with Crippen molar-refractivity contribution in [2.45, 2.75) is 48.1 Å². The first-order valence-corrected chi connectivity index (χ1v) is 11.5. The molecule has 6 nitrogen and oxygen atoms in total. The van der Waals surface area contributed by atoms with E-state index in [1.54, 1.807) is 12.3 Å². The third-order valence-corrected chi connectivity index (χ3v) is 6.77. The van der Waals surface area contributed by atoms with Gasteiger partial charge in [0.15, 0.2) is 0 Å². The summed E-state index contributed by atoms with van der Waals surface area (Å²) >= 11 is 1.50. The van der Waals surface area contributed by atoms with Crippen molar-refractivity contribution in [3.05, 3.63) is 54.2 Å². The lowest BCUT2D eigenvalue weighted by Gasteiger charge is -2.36. The third kappa shape index (κ3) is 5.14. The van der Waals surface area contributed by atoms with Crippen molar-refractivity contribution >= 4 is 23.7 Å². The maximum Gasteiger partial charge on any atom is 0.317 e. The van der Waals surface area contributed by atoms with Gasteiger partial charge < -0.3 is 15.1 Å². The molecular formula is C23H28N4O2S. The maximum atomic E-state index is 13.2. The minimum absolute atomic E-state index is 0.00991. The summed E-state index contributed by atoms with van der Waals surface area (Å²) in [4.78, 5) is 34.9. The topological polar surface area (TPSA) is 65.5 Å². The SMILES string of the molecule is O=C(NC1CCCCC1)N1CCN(C(=O)c2cccnc2Sc2ccccc2)CC1. The Morgan fingerprint density at radius 1 is 0.900 bits per heavy atom. The fraction of sp³-hybridized carbons (Fsp3) is 0.435. The van der Waals surface area contributed by atoms with Crippen LogP contribution in [0.4, 0.5) is 4.79 Å². The summed E-state index contributed by atoms with van der Waals surface area (Å²) in [6.45, 7) is 2.21. The van der Waals surface area contributed by atoms with Gasteiger partial charge in [-0.25, -0.2) is 9.78 Å². The zero-order valence-electron chi connectivity index (χ0n) is 17.1. The van der Waals surface area contributed by atoms with Gasteiger partial charge in [-0.15, -0.1) is 0 Å². The van der Waals surface area contributed by atoms with Crippen molar-refractivity contribution in [1.82, 2.24) is 20.1 Å². The van der Waals surface area contributed by atoms with E-state index >= 15 is 0 Å². The third-order valence-electron chi connectivity index (χ3n) is 5.75. The number of piperazine rings is 1. The molecule has 0 unspecified atom stereocenters. The number of benzene rings is 1. The smallest absolute Gasteiger partial charge is 0.317 e. The van der Waals surface area contributed by atoms with Gasteiger partial charge in [0, 0.05) is 43.3 Å². The number of amides is 3. The zero-order chi connectivity index (χ0) is 20.8. The van der Waals surface area contributed by atoms with Crippen LogP contribution in [-0.2, 0) is 0 Å². The lowest BCUT2D eigenvalue weighted by Crippen LogP contribution is -2.54. The van der Waals surface area contributed by atoms with Gasteiger partial charge in [-0.1, -0.05) is 49.2 Å². The highest BCUT2D eigenvalue weighted by molar-refractivity contribution is 7.99. The molecule has 158 valence electrons. The summed E-state index contributed by atoms with van der Waals surface area (Å²) in [5.74, 6) is -0.0196. The Balaban J connectivity index is 1.35. The number of aromatic nitrogens is 1. The number of nitrogens with one attached hydrogen (secondary N) is 1. The van der Waals surface area contributed by atoms with Crippen LogP contribution in [0.1, 0.15) is 42.5 Å². The van der Waals surface area contributed by atoms with Gasteiger partial charge in [-0.3, -0.25) is 4.79 Å². The fourth-order valence-corrected chi connectivity index (χ4v) is 4.93. The van der Waals surface area contributed by atoms with Crippen LogP contribution in [0.5, 0.6) is 0 Å². The highest BCUT2D eigenvalue weighted by Crippen LogP contribution is 2.29. The van der Waals surface area contributed by atoms with Gasteiger partial charge in [0.1, 0.15) is 5.03 Å². The molecule has 1 aromatic carbocycles. The summed E-state index contributed by atoms with van der Waals surface area (Å²) in [5.41, 5.74) is 0.617. The number of hydrogen-bond acceptors (Lipinski definition) is 4. The predicted molar refractivity (Wildman–Crippen MR) is 118 cm³/mol. The van der Waals surface area contributed by atoms with Crippen LogP contribution in [0.3, 0.4) is 0 Å². The molecule has 0 radical (unpaired) electrons. The standard InChI is InChI=1S/C23H28N4O2S/c28-22(20-12-7-13-24-21(20)30-19-10-5-2-6-11-19)26-14-16-27(17-15-26)23(29)25-18-8-3-1-4-9-18/h2,5-7,10-13,18H,1,3-4,8-9,14-17H2,(H,25,29). The second-order valence-corrected chi connectivity index (χ2v) is 8.90. The van der Waals surface area contributed by atoms with E-state index in [2.05, 4.69) is 10.3 Å². The highest BCUT2D eigenvalue weighted by atomic mass is 32.2. The summed E-state index contributed by atoms with van der Waals surface area (Å²) in [7, 11) is 0. The van der Waals surface area contributed by atoms with Crippen molar-refractivity contribution in [2.24, 2.45) is 0 Å². The molecule has 3 amide bonds. The van der Waals surface area contributed by atoms with E-state index in [0.717, 1.165) is 17.7 Å². The molecule has 0 spiro atoms. The molecule has 1 N–H and O–H groups in total. The van der Waals surface area contributed by atoms with Crippen LogP contribution in [0.15, 0.2) is 58.6 Å². The van der Waals surface area contributed by atoms with Gasteiger partial charge in [0.2, 0.25) is 0 Å². The first-order chi connectivity index (χ1) is 14.7. The Morgan fingerprint density at radius 3 is 2.33 bits per heavy atom. The summed E-state index contributed by atoms with van der Waals surface area (Å²) in [6.07, 6.45) is 7.53. The monoisotopic (exact) mass is 424 g/mol. The van der Waals surface area contributed by atoms with Crippen molar-refractivity contribution in [3.63, 3.8) is 0 Å². The molecule has 0 atom stereocenters. The van der Waals surface area contributed by atoms with Crippen LogP contribution in [0.2, 0.25) is 0 Å². The number of urea groups is 1. The molecular weight excluding hydrogens is 396 g/mol. The largest absolute Gasteiger partial charge is 0.335 e. The van der Waals surface area contributed by atoms with E-state index in [1.807, 2.05) is 46.2 Å².